The molecule has 4 aromatic rings. The van der Waals surface area contributed by atoms with Gasteiger partial charge in [0.1, 0.15) is 0 Å². The van der Waals surface area contributed by atoms with E-state index in [0.717, 1.165) is 21.4 Å². The largest absolute Gasteiger partial charge is 0.378 e. The Kier molecular flexibility index (Phi) is 6.44. The number of nitrogens with zero attached hydrogens (tertiary/aromatic N) is 6. The van der Waals surface area contributed by atoms with Crippen molar-refractivity contribution in [1.29, 1.82) is 0 Å². The standard InChI is InChI=1S/C25H27N7O2/c1-29(2)20-14-12-19(13-15-20)17-26-28-24-27-22-21(23(33)31(4)25(34)30(22)3)32(24)16-8-11-18-9-6-5-7-10-18/h5-15,17H,16H2,1-4H3,(H,27,28)/b11-8-,26-17-. The normalized spacial score (nSPS) is 11.6. The number of hydrogen-bond donors (Lipinski definition) is 1. The van der Waals surface area contributed by atoms with Crippen molar-refractivity contribution >= 4 is 35.1 Å². The molecule has 4 rings (SSSR count). The first-order valence-electron chi connectivity index (χ1n) is 10.8. The molecule has 0 fully saturated rings. The van der Waals surface area contributed by atoms with Crippen molar-refractivity contribution in [2.75, 3.05) is 24.4 Å². The van der Waals surface area contributed by atoms with Gasteiger partial charge in [-0.15, -0.1) is 0 Å². The first kappa shape index (κ1) is 22.8. The molecule has 0 atom stereocenters. The lowest BCUT2D eigenvalue weighted by Gasteiger charge is -2.11. The van der Waals surface area contributed by atoms with E-state index < -0.39 is 11.2 Å². The number of allylic oxidation sites excluding steroid dienone is 1. The first-order valence-corrected chi connectivity index (χ1v) is 10.8. The molecule has 9 nitrogen and oxygen atoms in total. The Morgan fingerprint density at radius 2 is 1.68 bits per heavy atom. The van der Waals surface area contributed by atoms with E-state index in [-0.39, 0.29) is 0 Å². The number of aryl methyl sites for hydroxylation is 1. The van der Waals surface area contributed by atoms with Gasteiger partial charge in [-0.1, -0.05) is 54.6 Å². The Labute approximate surface area is 196 Å². The van der Waals surface area contributed by atoms with Crippen LogP contribution in [0, 0.1) is 0 Å². The maximum Gasteiger partial charge on any atom is 0.332 e. The van der Waals surface area contributed by atoms with Crippen LogP contribution < -0.4 is 21.6 Å². The number of fused-ring (bicyclic) bond motifs is 1. The van der Waals surface area contributed by atoms with Gasteiger partial charge in [-0.05, 0) is 23.3 Å². The van der Waals surface area contributed by atoms with Gasteiger partial charge in [0.05, 0.1) is 6.21 Å². The van der Waals surface area contributed by atoms with Crippen molar-refractivity contribution in [2.45, 2.75) is 6.54 Å². The number of anilines is 2. The highest BCUT2D eigenvalue weighted by atomic mass is 16.2. The summed E-state index contributed by atoms with van der Waals surface area (Å²) in [5.41, 5.74) is 5.78. The van der Waals surface area contributed by atoms with Gasteiger partial charge in [0.15, 0.2) is 11.2 Å². The molecular formula is C25H27N7O2. The average molecular weight is 458 g/mol. The lowest BCUT2D eigenvalue weighted by molar-refractivity contribution is 0.703. The molecule has 0 radical (unpaired) electrons. The van der Waals surface area contributed by atoms with Crippen molar-refractivity contribution in [3.63, 3.8) is 0 Å². The lowest BCUT2D eigenvalue weighted by atomic mass is 10.2. The predicted octanol–water partition coefficient (Wildman–Crippen LogP) is 2.66. The summed E-state index contributed by atoms with van der Waals surface area (Å²) in [6, 6.07) is 17.8. The van der Waals surface area contributed by atoms with Gasteiger partial charge < -0.3 is 4.90 Å². The second-order valence-corrected chi connectivity index (χ2v) is 8.09. The Balaban J connectivity index is 1.69. The second kappa shape index (κ2) is 9.62. The van der Waals surface area contributed by atoms with Gasteiger partial charge in [0.25, 0.3) is 5.56 Å². The summed E-state index contributed by atoms with van der Waals surface area (Å²) in [4.78, 5) is 31.9. The van der Waals surface area contributed by atoms with Crippen molar-refractivity contribution in [1.82, 2.24) is 18.7 Å². The third kappa shape index (κ3) is 4.54. The predicted molar refractivity (Wildman–Crippen MR) is 138 cm³/mol. The summed E-state index contributed by atoms with van der Waals surface area (Å²) in [6.45, 7) is 0.369. The highest BCUT2D eigenvalue weighted by Crippen LogP contribution is 2.17. The molecule has 34 heavy (non-hydrogen) atoms. The monoisotopic (exact) mass is 457 g/mol. The molecule has 0 spiro atoms. The van der Waals surface area contributed by atoms with Crippen LogP contribution in [0.15, 0.2) is 75.4 Å². The fourth-order valence-corrected chi connectivity index (χ4v) is 3.59. The number of rotatable bonds is 7. The maximum absolute atomic E-state index is 12.9. The van der Waals surface area contributed by atoms with Crippen LogP contribution >= 0.6 is 0 Å². The highest BCUT2D eigenvalue weighted by molar-refractivity contribution is 5.81. The van der Waals surface area contributed by atoms with Crippen LogP contribution in [0.3, 0.4) is 0 Å². The van der Waals surface area contributed by atoms with Crippen LogP contribution in [0.1, 0.15) is 11.1 Å². The Morgan fingerprint density at radius 3 is 2.35 bits per heavy atom. The minimum Gasteiger partial charge on any atom is -0.378 e. The molecule has 1 N–H and O–H groups in total. The first-order chi connectivity index (χ1) is 16.4. The number of hydrogen-bond acceptors (Lipinski definition) is 6. The number of benzene rings is 2. The second-order valence-electron chi connectivity index (χ2n) is 8.09. The zero-order valence-electron chi connectivity index (χ0n) is 19.6. The van der Waals surface area contributed by atoms with Gasteiger partial charge >= 0.3 is 5.69 Å². The van der Waals surface area contributed by atoms with Crippen molar-refractivity contribution < 1.29 is 0 Å². The van der Waals surface area contributed by atoms with E-state index in [4.69, 9.17) is 0 Å². The zero-order valence-corrected chi connectivity index (χ0v) is 19.6. The molecule has 0 aliphatic rings. The molecule has 2 aromatic heterocycles. The summed E-state index contributed by atoms with van der Waals surface area (Å²) in [7, 11) is 7.03. The number of nitrogens with one attached hydrogen (secondary N) is 1. The minimum absolute atomic E-state index is 0.300. The summed E-state index contributed by atoms with van der Waals surface area (Å²) in [5.74, 6) is 0.368. The fourth-order valence-electron chi connectivity index (χ4n) is 3.59. The SMILES string of the molecule is CN(C)c1ccc(/C=N\Nc2nc3c(c(=O)n(C)c(=O)n3C)n2C/C=C\c2ccccc2)cc1. The molecule has 9 heteroatoms. The number of aromatic nitrogens is 4. The lowest BCUT2D eigenvalue weighted by Crippen LogP contribution is -2.37. The molecule has 0 saturated heterocycles. The molecule has 0 unspecified atom stereocenters. The van der Waals surface area contributed by atoms with Crippen LogP contribution in [0.5, 0.6) is 0 Å². The van der Waals surface area contributed by atoms with Crippen LogP contribution in [0.4, 0.5) is 11.6 Å². The molecule has 0 aliphatic carbocycles. The number of hydrazone groups is 1. The number of imidazole rings is 1. The third-order valence-electron chi connectivity index (χ3n) is 5.53. The van der Waals surface area contributed by atoms with Crippen LogP contribution in [-0.4, -0.2) is 39.0 Å². The molecule has 2 heterocycles. The summed E-state index contributed by atoms with van der Waals surface area (Å²) in [5, 5.41) is 4.32. The van der Waals surface area contributed by atoms with E-state index in [2.05, 4.69) is 15.5 Å². The Bertz CT molecular complexity index is 1470. The molecule has 0 amide bonds. The molecular weight excluding hydrogens is 430 g/mol. The quantitative estimate of drug-likeness (QED) is 0.340. The average Bonchev–Trinajstić information content (AvgIpc) is 3.21. The summed E-state index contributed by atoms with van der Waals surface area (Å²) >= 11 is 0. The van der Waals surface area contributed by atoms with Crippen LogP contribution in [0.2, 0.25) is 0 Å². The highest BCUT2D eigenvalue weighted by Gasteiger charge is 2.18. The molecule has 174 valence electrons. The minimum atomic E-state index is -0.432. The topological polar surface area (TPSA) is 89.5 Å². The molecule has 2 aromatic carbocycles. The van der Waals surface area contributed by atoms with E-state index in [1.165, 1.54) is 11.6 Å². The van der Waals surface area contributed by atoms with Crippen LogP contribution in [0.25, 0.3) is 17.2 Å². The van der Waals surface area contributed by atoms with Gasteiger partial charge in [-0.2, -0.15) is 10.1 Å². The maximum atomic E-state index is 12.9. The van der Waals surface area contributed by atoms with E-state index in [1.54, 1.807) is 17.8 Å². The van der Waals surface area contributed by atoms with Gasteiger partial charge in [0.2, 0.25) is 5.95 Å². The van der Waals surface area contributed by atoms with Crippen molar-refractivity contribution in [2.24, 2.45) is 19.2 Å². The van der Waals surface area contributed by atoms with Crippen LogP contribution in [-0.2, 0) is 20.6 Å². The van der Waals surface area contributed by atoms with Crippen molar-refractivity contribution in [3.05, 3.63) is 92.6 Å². The third-order valence-corrected chi connectivity index (χ3v) is 5.53. The Hall–Kier alpha value is -4.40. The molecule has 0 aliphatic heterocycles. The summed E-state index contributed by atoms with van der Waals surface area (Å²) < 4.78 is 4.17. The molecule has 0 bridgehead atoms. The Morgan fingerprint density at radius 1 is 0.971 bits per heavy atom. The van der Waals surface area contributed by atoms with Gasteiger partial charge in [0, 0.05) is 40.4 Å². The van der Waals surface area contributed by atoms with Gasteiger partial charge in [-0.3, -0.25) is 18.5 Å². The fraction of sp³-hybridized carbons (Fsp3) is 0.200. The summed E-state index contributed by atoms with van der Waals surface area (Å²) in [6.07, 6.45) is 5.59. The van der Waals surface area contributed by atoms with E-state index in [0.29, 0.717) is 23.7 Å². The molecule has 0 saturated carbocycles. The van der Waals surface area contributed by atoms with E-state index >= 15 is 0 Å². The van der Waals surface area contributed by atoms with E-state index in [9.17, 15) is 9.59 Å². The van der Waals surface area contributed by atoms with Gasteiger partial charge in [-0.25, -0.2) is 10.2 Å². The van der Waals surface area contributed by atoms with E-state index in [1.807, 2.05) is 85.7 Å². The van der Waals surface area contributed by atoms with Crippen molar-refractivity contribution in [3.8, 4) is 0 Å². The smallest absolute Gasteiger partial charge is 0.332 e. The zero-order chi connectivity index (χ0) is 24.2.